The standard InChI is InChI=1S/C30H40BNO5/c1-3-7-20(17-21-10-13-23(33)14-11-21)12-15-26-27-19(2)16-24-28(25(27)18-31(36)37-26)30(35)32(29(24)34)22-8-5-4-6-9-22/h10-11,13-14,17,22,24-26,28,33,36H,3-9,12,15-16,18H2,1-2H3/b20-17+/t24-,25+,26-,28-/m1/s1. The SMILES string of the molecule is CCC/C(=C\c1ccc(O)cc1)CC[C@H]1OB(O)C[C@H]2C1=C(C)C[C@H]1C(=O)N(C3CCCCC3)C(=O)[C@H]12. The first-order valence-electron chi connectivity index (χ1n) is 14.3. The monoisotopic (exact) mass is 505 g/mol. The molecular weight excluding hydrogens is 465 g/mol. The van der Waals surface area contributed by atoms with Crippen LogP contribution in [-0.2, 0) is 14.2 Å². The third kappa shape index (κ3) is 5.30. The molecule has 4 atom stereocenters. The molecule has 0 radical (unpaired) electrons. The molecule has 2 heterocycles. The number of aromatic hydroxyl groups is 1. The fraction of sp³-hybridized carbons (Fsp3) is 0.600. The van der Waals surface area contributed by atoms with Crippen LogP contribution in [0.1, 0.15) is 83.6 Å². The van der Waals surface area contributed by atoms with Crippen LogP contribution in [0.5, 0.6) is 5.75 Å². The van der Waals surface area contributed by atoms with Gasteiger partial charge in [0.05, 0.1) is 17.9 Å². The Morgan fingerprint density at radius 2 is 1.81 bits per heavy atom. The summed E-state index contributed by atoms with van der Waals surface area (Å²) in [6, 6.07) is 7.27. The van der Waals surface area contributed by atoms with Crippen LogP contribution < -0.4 is 0 Å². The number of carbonyl (C=O) groups is 2. The van der Waals surface area contributed by atoms with Crippen molar-refractivity contribution in [1.82, 2.24) is 4.90 Å². The predicted octanol–water partition coefficient (Wildman–Crippen LogP) is 5.51. The summed E-state index contributed by atoms with van der Waals surface area (Å²) in [5.74, 6) is -0.530. The first-order valence-corrected chi connectivity index (χ1v) is 14.3. The quantitative estimate of drug-likeness (QED) is 0.290. The summed E-state index contributed by atoms with van der Waals surface area (Å²) in [6.07, 6.45) is 11.7. The van der Waals surface area contributed by atoms with E-state index >= 15 is 0 Å². The summed E-state index contributed by atoms with van der Waals surface area (Å²) in [5.41, 5.74) is 4.67. The van der Waals surface area contributed by atoms with Crippen LogP contribution >= 0.6 is 0 Å². The average molecular weight is 505 g/mol. The first kappa shape index (κ1) is 26.2. The molecule has 2 amide bonds. The summed E-state index contributed by atoms with van der Waals surface area (Å²) in [7, 11) is -0.923. The number of phenolic OH excluding ortho intramolecular Hbond substituents is 1. The van der Waals surface area contributed by atoms with E-state index in [1.807, 2.05) is 12.1 Å². The highest BCUT2D eigenvalue weighted by atomic mass is 16.5. The largest absolute Gasteiger partial charge is 0.508 e. The lowest BCUT2D eigenvalue weighted by Gasteiger charge is -2.42. The number of phenols is 1. The molecule has 0 bridgehead atoms. The van der Waals surface area contributed by atoms with Crippen molar-refractivity contribution in [2.75, 3.05) is 0 Å². The molecule has 2 N–H and O–H groups in total. The van der Waals surface area contributed by atoms with Crippen molar-refractivity contribution in [3.05, 3.63) is 46.5 Å². The molecular formula is C30H40BNO5. The van der Waals surface area contributed by atoms with Gasteiger partial charge in [0.15, 0.2) is 0 Å². The molecule has 2 aliphatic heterocycles. The number of allylic oxidation sites excluding steroid dienone is 2. The second-order valence-corrected chi connectivity index (χ2v) is 11.5. The first-order chi connectivity index (χ1) is 17.9. The molecule has 1 aromatic carbocycles. The average Bonchev–Trinajstić information content (AvgIpc) is 3.13. The molecule has 5 rings (SSSR count). The van der Waals surface area contributed by atoms with Crippen molar-refractivity contribution in [1.29, 1.82) is 0 Å². The second-order valence-electron chi connectivity index (χ2n) is 11.5. The maximum Gasteiger partial charge on any atom is 0.455 e. The number of amides is 2. The van der Waals surface area contributed by atoms with Crippen molar-refractivity contribution in [2.24, 2.45) is 17.8 Å². The molecule has 1 aromatic rings. The van der Waals surface area contributed by atoms with Gasteiger partial charge in [-0.1, -0.05) is 62.0 Å². The lowest BCUT2D eigenvalue weighted by atomic mass is 9.58. The van der Waals surface area contributed by atoms with Crippen LogP contribution in [0.3, 0.4) is 0 Å². The smallest absolute Gasteiger partial charge is 0.455 e. The van der Waals surface area contributed by atoms with Gasteiger partial charge in [0, 0.05) is 6.04 Å². The molecule has 3 fully saturated rings. The number of nitrogens with zero attached hydrogens (tertiary/aromatic N) is 1. The van der Waals surface area contributed by atoms with Crippen LogP contribution in [0.15, 0.2) is 41.0 Å². The number of hydrogen-bond acceptors (Lipinski definition) is 5. The molecule has 4 aliphatic rings. The number of carbonyl (C=O) groups excluding carboxylic acids is 2. The van der Waals surface area contributed by atoms with E-state index in [1.54, 1.807) is 17.0 Å². The van der Waals surface area contributed by atoms with Gasteiger partial charge in [0.1, 0.15) is 5.75 Å². The lowest BCUT2D eigenvalue weighted by Crippen LogP contribution is -2.46. The van der Waals surface area contributed by atoms with Crippen molar-refractivity contribution in [3.63, 3.8) is 0 Å². The normalized spacial score (nSPS) is 29.1. The molecule has 0 aromatic heterocycles. The van der Waals surface area contributed by atoms with E-state index < -0.39 is 7.12 Å². The van der Waals surface area contributed by atoms with E-state index in [1.165, 1.54) is 12.0 Å². The zero-order chi connectivity index (χ0) is 26.1. The Labute approximate surface area is 220 Å². The highest BCUT2D eigenvalue weighted by Crippen LogP contribution is 2.51. The Morgan fingerprint density at radius 1 is 1.08 bits per heavy atom. The van der Waals surface area contributed by atoms with E-state index in [0.29, 0.717) is 12.7 Å². The second kappa shape index (κ2) is 11.2. The topological polar surface area (TPSA) is 87.1 Å². The van der Waals surface area contributed by atoms with Gasteiger partial charge in [-0.25, -0.2) is 0 Å². The number of hydrogen-bond donors (Lipinski definition) is 2. The van der Waals surface area contributed by atoms with E-state index in [2.05, 4.69) is 19.9 Å². The summed E-state index contributed by atoms with van der Waals surface area (Å²) < 4.78 is 6.10. The maximum absolute atomic E-state index is 13.7. The lowest BCUT2D eigenvalue weighted by molar-refractivity contribution is -0.143. The zero-order valence-electron chi connectivity index (χ0n) is 22.2. The molecule has 6 nitrogen and oxygen atoms in total. The minimum absolute atomic E-state index is 0.0105. The van der Waals surface area contributed by atoms with Gasteiger partial charge in [-0.15, -0.1) is 0 Å². The van der Waals surface area contributed by atoms with Crippen molar-refractivity contribution in [2.45, 2.75) is 96.5 Å². The molecule has 0 spiro atoms. The highest BCUT2D eigenvalue weighted by molar-refractivity contribution is 6.43. The number of rotatable bonds is 7. The summed E-state index contributed by atoms with van der Waals surface area (Å²) >= 11 is 0. The van der Waals surface area contributed by atoms with Crippen molar-refractivity contribution in [3.8, 4) is 5.75 Å². The van der Waals surface area contributed by atoms with E-state index in [0.717, 1.165) is 68.1 Å². The van der Waals surface area contributed by atoms with Crippen molar-refractivity contribution < 1.29 is 24.4 Å². The van der Waals surface area contributed by atoms with Crippen LogP contribution in [0.2, 0.25) is 6.32 Å². The van der Waals surface area contributed by atoms with Crippen molar-refractivity contribution >= 4 is 25.0 Å². The third-order valence-corrected chi connectivity index (χ3v) is 8.99. The molecule has 7 heteroatoms. The Morgan fingerprint density at radius 3 is 2.51 bits per heavy atom. The zero-order valence-corrected chi connectivity index (χ0v) is 22.2. The van der Waals surface area contributed by atoms with Gasteiger partial charge in [0.25, 0.3) is 0 Å². The Kier molecular flexibility index (Phi) is 7.92. The number of benzene rings is 1. The van der Waals surface area contributed by atoms with E-state index in [4.69, 9.17) is 4.65 Å². The molecule has 37 heavy (non-hydrogen) atoms. The van der Waals surface area contributed by atoms with Crippen LogP contribution in [0, 0.1) is 17.8 Å². The summed E-state index contributed by atoms with van der Waals surface area (Å²) in [6.45, 7) is 4.25. The number of fused-ring (bicyclic) bond motifs is 3. The van der Waals surface area contributed by atoms with Gasteiger partial charge < -0.3 is 14.8 Å². The highest BCUT2D eigenvalue weighted by Gasteiger charge is 2.57. The number of likely N-dealkylation sites (tertiary alicyclic amines) is 1. The van der Waals surface area contributed by atoms with Crippen LogP contribution in [0.4, 0.5) is 0 Å². The minimum Gasteiger partial charge on any atom is -0.508 e. The third-order valence-electron chi connectivity index (χ3n) is 8.99. The Bertz CT molecular complexity index is 1070. The fourth-order valence-corrected chi connectivity index (χ4v) is 7.36. The van der Waals surface area contributed by atoms with Gasteiger partial charge in [-0.2, -0.15) is 0 Å². The van der Waals surface area contributed by atoms with Crippen LogP contribution in [0.25, 0.3) is 6.08 Å². The molecule has 2 aliphatic carbocycles. The molecule has 0 unspecified atom stereocenters. The predicted molar refractivity (Wildman–Crippen MR) is 144 cm³/mol. The van der Waals surface area contributed by atoms with Gasteiger partial charge in [-0.05, 0) is 81.0 Å². The van der Waals surface area contributed by atoms with Crippen LogP contribution in [-0.4, -0.2) is 46.1 Å². The van der Waals surface area contributed by atoms with Gasteiger partial charge >= 0.3 is 7.12 Å². The number of imide groups is 1. The van der Waals surface area contributed by atoms with Gasteiger partial charge in [0.2, 0.25) is 11.8 Å². The molecule has 1 saturated carbocycles. The molecule has 198 valence electrons. The van der Waals surface area contributed by atoms with E-state index in [9.17, 15) is 19.7 Å². The van der Waals surface area contributed by atoms with E-state index in [-0.39, 0.29) is 47.5 Å². The Balaban J connectivity index is 1.36. The fourth-order valence-electron chi connectivity index (χ4n) is 7.36. The Hall–Kier alpha value is -2.38. The summed E-state index contributed by atoms with van der Waals surface area (Å²) in [4.78, 5) is 28.8. The maximum atomic E-state index is 13.7. The van der Waals surface area contributed by atoms with Gasteiger partial charge in [-0.3, -0.25) is 14.5 Å². The summed E-state index contributed by atoms with van der Waals surface area (Å²) in [5, 5.41) is 20.3. The minimum atomic E-state index is -0.923. The molecule has 2 saturated heterocycles.